The van der Waals surface area contributed by atoms with Crippen LogP contribution in [0.25, 0.3) is 11.3 Å². The van der Waals surface area contributed by atoms with Crippen LogP contribution in [0.4, 0.5) is 4.39 Å². The maximum atomic E-state index is 13.0. The lowest BCUT2D eigenvalue weighted by Crippen LogP contribution is -2.26. The van der Waals surface area contributed by atoms with Crippen LogP contribution in [0.5, 0.6) is 0 Å². The normalized spacial score (nSPS) is 10.5. The molecule has 0 radical (unpaired) electrons. The molecule has 4 nitrogen and oxygen atoms in total. The van der Waals surface area contributed by atoms with E-state index in [1.807, 2.05) is 30.3 Å². The fraction of sp³-hybridized carbons (Fsp3) is 0.111. The second-order valence-corrected chi connectivity index (χ2v) is 5.22. The molecule has 23 heavy (non-hydrogen) atoms. The molecular formula is C18H15FN2O2. The van der Waals surface area contributed by atoms with Gasteiger partial charge in [-0.1, -0.05) is 35.5 Å². The first-order valence-electron chi connectivity index (χ1n) is 7.15. The molecule has 0 bridgehead atoms. The van der Waals surface area contributed by atoms with Crippen LogP contribution in [0.3, 0.4) is 0 Å². The number of benzene rings is 2. The first-order valence-corrected chi connectivity index (χ1v) is 7.15. The molecule has 0 N–H and O–H groups in total. The van der Waals surface area contributed by atoms with Crippen molar-refractivity contribution in [2.24, 2.45) is 0 Å². The van der Waals surface area contributed by atoms with Crippen molar-refractivity contribution in [1.82, 2.24) is 10.1 Å². The predicted molar refractivity (Wildman–Crippen MR) is 84.1 cm³/mol. The Bertz CT molecular complexity index is 797. The Hall–Kier alpha value is -2.95. The van der Waals surface area contributed by atoms with Crippen molar-refractivity contribution in [3.63, 3.8) is 0 Å². The van der Waals surface area contributed by atoms with Crippen molar-refractivity contribution in [2.75, 3.05) is 7.05 Å². The predicted octanol–water partition coefficient (Wildman–Crippen LogP) is 3.75. The summed E-state index contributed by atoms with van der Waals surface area (Å²) in [6.45, 7) is 0.480. The van der Waals surface area contributed by atoms with E-state index in [-0.39, 0.29) is 11.7 Å². The van der Waals surface area contributed by atoms with Crippen LogP contribution in [0.2, 0.25) is 0 Å². The molecule has 2 aromatic carbocycles. The molecule has 0 aliphatic heterocycles. The summed E-state index contributed by atoms with van der Waals surface area (Å²) in [5.74, 6) is -0.202. The molecule has 0 saturated heterocycles. The maximum Gasteiger partial charge on any atom is 0.259 e. The van der Waals surface area contributed by atoms with Crippen molar-refractivity contribution in [3.8, 4) is 11.3 Å². The van der Waals surface area contributed by atoms with Gasteiger partial charge >= 0.3 is 0 Å². The van der Waals surface area contributed by atoms with Crippen LogP contribution in [-0.4, -0.2) is 23.0 Å². The lowest BCUT2D eigenvalue weighted by molar-refractivity contribution is 0.0785. The lowest BCUT2D eigenvalue weighted by atomic mass is 10.1. The van der Waals surface area contributed by atoms with Crippen LogP contribution < -0.4 is 0 Å². The lowest BCUT2D eigenvalue weighted by Gasteiger charge is -2.16. The summed E-state index contributed by atoms with van der Waals surface area (Å²) in [5.41, 5.74) is 2.00. The second-order valence-electron chi connectivity index (χ2n) is 5.22. The molecule has 0 spiro atoms. The highest BCUT2D eigenvalue weighted by atomic mass is 19.1. The zero-order valence-corrected chi connectivity index (χ0v) is 12.6. The minimum atomic E-state index is -0.345. The minimum Gasteiger partial charge on any atom is -0.355 e. The van der Waals surface area contributed by atoms with Gasteiger partial charge in [0.1, 0.15) is 11.4 Å². The Morgan fingerprint density at radius 2 is 1.83 bits per heavy atom. The molecule has 5 heteroatoms. The second kappa shape index (κ2) is 6.44. The third kappa shape index (κ3) is 3.29. The summed E-state index contributed by atoms with van der Waals surface area (Å²) in [7, 11) is 1.72. The third-order valence-corrected chi connectivity index (χ3v) is 3.52. The van der Waals surface area contributed by atoms with E-state index in [9.17, 15) is 9.18 Å². The van der Waals surface area contributed by atoms with Gasteiger partial charge in [-0.25, -0.2) is 4.39 Å². The van der Waals surface area contributed by atoms with Crippen LogP contribution in [0.15, 0.2) is 65.3 Å². The van der Waals surface area contributed by atoms with Gasteiger partial charge in [0, 0.05) is 19.2 Å². The fourth-order valence-electron chi connectivity index (χ4n) is 2.34. The van der Waals surface area contributed by atoms with Gasteiger partial charge in [0.05, 0.1) is 6.20 Å². The number of hydrogen-bond donors (Lipinski definition) is 0. The van der Waals surface area contributed by atoms with Gasteiger partial charge in [-0.3, -0.25) is 4.79 Å². The average Bonchev–Trinajstić information content (AvgIpc) is 3.05. The Kier molecular flexibility index (Phi) is 4.19. The van der Waals surface area contributed by atoms with Gasteiger partial charge in [0.2, 0.25) is 0 Å². The van der Waals surface area contributed by atoms with Crippen molar-refractivity contribution >= 4 is 5.91 Å². The van der Waals surface area contributed by atoms with E-state index >= 15 is 0 Å². The molecular weight excluding hydrogens is 295 g/mol. The number of carbonyl (C=O) groups is 1. The number of rotatable bonds is 4. The van der Waals surface area contributed by atoms with Crippen LogP contribution in [0, 0.1) is 5.82 Å². The number of carbonyl (C=O) groups excluding carboxylic acids is 1. The molecule has 1 aromatic heterocycles. The average molecular weight is 310 g/mol. The van der Waals surface area contributed by atoms with E-state index in [0.29, 0.717) is 23.4 Å². The SMILES string of the molecule is CN(Cc1ccccc1)C(=O)c1cnoc1-c1ccc(F)cc1. The zero-order chi connectivity index (χ0) is 16.2. The zero-order valence-electron chi connectivity index (χ0n) is 12.6. The van der Waals surface area contributed by atoms with Gasteiger partial charge in [-0.05, 0) is 29.8 Å². The maximum absolute atomic E-state index is 13.0. The van der Waals surface area contributed by atoms with Gasteiger partial charge in [-0.2, -0.15) is 0 Å². The van der Waals surface area contributed by atoms with Crippen molar-refractivity contribution in [3.05, 3.63) is 77.7 Å². The molecule has 0 aliphatic carbocycles. The quantitative estimate of drug-likeness (QED) is 0.737. The summed E-state index contributed by atoms with van der Waals surface area (Å²) < 4.78 is 18.2. The number of amides is 1. The highest BCUT2D eigenvalue weighted by Gasteiger charge is 2.21. The first-order chi connectivity index (χ1) is 11.1. The Balaban J connectivity index is 1.83. The number of halogens is 1. The molecule has 1 heterocycles. The molecule has 3 rings (SSSR count). The Morgan fingerprint density at radius 1 is 1.13 bits per heavy atom. The first kappa shape index (κ1) is 15.0. The number of hydrogen-bond acceptors (Lipinski definition) is 3. The summed E-state index contributed by atoms with van der Waals surface area (Å²) in [6.07, 6.45) is 1.39. The molecule has 1 amide bonds. The summed E-state index contributed by atoms with van der Waals surface area (Å²) in [4.78, 5) is 14.2. The Morgan fingerprint density at radius 3 is 2.52 bits per heavy atom. The minimum absolute atomic E-state index is 0.200. The molecule has 0 atom stereocenters. The topological polar surface area (TPSA) is 46.3 Å². The van der Waals surface area contributed by atoms with E-state index in [0.717, 1.165) is 5.56 Å². The van der Waals surface area contributed by atoms with Gasteiger partial charge < -0.3 is 9.42 Å². The summed E-state index contributed by atoms with van der Waals surface area (Å²) >= 11 is 0. The molecule has 116 valence electrons. The van der Waals surface area contributed by atoms with Crippen LogP contribution >= 0.6 is 0 Å². The molecule has 0 aliphatic rings. The molecule has 3 aromatic rings. The van der Waals surface area contributed by atoms with E-state index in [2.05, 4.69) is 5.16 Å². The molecule has 0 saturated carbocycles. The molecule has 0 fully saturated rings. The van der Waals surface area contributed by atoms with Gasteiger partial charge in [-0.15, -0.1) is 0 Å². The van der Waals surface area contributed by atoms with Crippen molar-refractivity contribution in [2.45, 2.75) is 6.54 Å². The fourth-order valence-corrected chi connectivity index (χ4v) is 2.34. The van der Waals surface area contributed by atoms with Gasteiger partial charge in [0.25, 0.3) is 5.91 Å². The van der Waals surface area contributed by atoms with Crippen molar-refractivity contribution < 1.29 is 13.7 Å². The monoisotopic (exact) mass is 310 g/mol. The Labute approximate surface area is 133 Å². The summed E-state index contributed by atoms with van der Waals surface area (Å²) in [5, 5.41) is 3.72. The molecule has 0 unspecified atom stereocenters. The number of nitrogens with zero attached hydrogens (tertiary/aromatic N) is 2. The van der Waals surface area contributed by atoms with E-state index < -0.39 is 0 Å². The van der Waals surface area contributed by atoms with Crippen molar-refractivity contribution in [1.29, 1.82) is 0 Å². The van der Waals surface area contributed by atoms with E-state index in [1.165, 1.54) is 18.3 Å². The van der Waals surface area contributed by atoms with E-state index in [4.69, 9.17) is 4.52 Å². The van der Waals surface area contributed by atoms with Crippen LogP contribution in [0.1, 0.15) is 15.9 Å². The van der Waals surface area contributed by atoms with E-state index in [1.54, 1.807) is 24.1 Å². The number of aromatic nitrogens is 1. The third-order valence-electron chi connectivity index (χ3n) is 3.52. The highest BCUT2D eigenvalue weighted by Crippen LogP contribution is 2.25. The summed E-state index contributed by atoms with van der Waals surface area (Å²) in [6, 6.07) is 15.5. The largest absolute Gasteiger partial charge is 0.355 e. The standard InChI is InChI=1S/C18H15FN2O2/c1-21(12-13-5-3-2-4-6-13)18(22)16-11-20-23-17(16)14-7-9-15(19)10-8-14/h2-11H,12H2,1H3. The smallest absolute Gasteiger partial charge is 0.259 e. The van der Waals surface area contributed by atoms with Gasteiger partial charge in [0.15, 0.2) is 5.76 Å². The highest BCUT2D eigenvalue weighted by molar-refractivity contribution is 5.99. The van der Waals surface area contributed by atoms with Crippen LogP contribution in [-0.2, 0) is 6.54 Å².